The molecule has 4 heterocycles. The number of piperidine rings is 1. The van der Waals surface area contributed by atoms with E-state index < -0.39 is 11.6 Å². The molecule has 1 aliphatic carbocycles. The number of nitrogens with zero attached hydrogens (tertiary/aromatic N) is 4. The third kappa shape index (κ3) is 6.33. The molecule has 1 saturated heterocycles. The van der Waals surface area contributed by atoms with Gasteiger partial charge in [-0.2, -0.15) is 4.39 Å². The molecule has 11 heteroatoms. The highest BCUT2D eigenvalue weighted by atomic mass is 19.2. The topological polar surface area (TPSA) is 83.9 Å². The summed E-state index contributed by atoms with van der Waals surface area (Å²) in [5.74, 6) is -0.670. The number of hydrogen-bond donors (Lipinski definition) is 2. The van der Waals surface area contributed by atoms with Crippen LogP contribution in [0.1, 0.15) is 37.7 Å². The van der Waals surface area contributed by atoms with Gasteiger partial charge in [-0.1, -0.05) is 6.08 Å². The second kappa shape index (κ2) is 12.9. The van der Waals surface area contributed by atoms with Crippen LogP contribution in [0.2, 0.25) is 0 Å². The number of pyridine rings is 2. The number of benzene rings is 1. The zero-order chi connectivity index (χ0) is 29.9. The third-order valence-electron chi connectivity index (χ3n) is 8.73. The highest BCUT2D eigenvalue weighted by molar-refractivity contribution is 5.86. The molecule has 1 unspecified atom stereocenters. The number of anilines is 2. The highest BCUT2D eigenvalue weighted by Gasteiger charge is 2.32. The summed E-state index contributed by atoms with van der Waals surface area (Å²) in [5.41, 5.74) is 1.55. The van der Waals surface area contributed by atoms with Crippen LogP contribution in [0.5, 0.6) is 5.75 Å². The Hall–Kier alpha value is -3.70. The number of rotatable bonds is 12. The van der Waals surface area contributed by atoms with E-state index in [4.69, 9.17) is 9.47 Å². The van der Waals surface area contributed by atoms with Gasteiger partial charge in [-0.25, -0.2) is 9.37 Å². The fourth-order valence-electron chi connectivity index (χ4n) is 6.24. The van der Waals surface area contributed by atoms with Crippen LogP contribution >= 0.6 is 0 Å². The number of aromatic nitrogens is 2. The van der Waals surface area contributed by atoms with Crippen LogP contribution in [-0.4, -0.2) is 67.1 Å². The summed E-state index contributed by atoms with van der Waals surface area (Å²) >= 11 is 0. The molecule has 2 aromatic heterocycles. The lowest BCUT2D eigenvalue weighted by molar-refractivity contribution is -0.0614. The SMILES string of the molecule is CN/C=C\CC(OC)N(Cc1cn2c3c(c(F)c(F)cc3c1=O)OCC2)[C@H]1CCCN(c2ccc(NCC3CC3)nc2)C1. The van der Waals surface area contributed by atoms with E-state index in [1.807, 2.05) is 36.2 Å². The summed E-state index contributed by atoms with van der Waals surface area (Å²) in [4.78, 5) is 23.0. The lowest BCUT2D eigenvalue weighted by Crippen LogP contribution is -2.52. The first-order valence-electron chi connectivity index (χ1n) is 15.2. The van der Waals surface area contributed by atoms with Crippen molar-refractivity contribution in [1.29, 1.82) is 0 Å². The van der Waals surface area contributed by atoms with E-state index in [2.05, 4.69) is 31.5 Å². The normalized spacial score (nSPS) is 19.2. The fourth-order valence-corrected chi connectivity index (χ4v) is 6.24. The van der Waals surface area contributed by atoms with Gasteiger partial charge in [0.25, 0.3) is 0 Å². The van der Waals surface area contributed by atoms with Crippen LogP contribution in [0, 0.1) is 17.6 Å². The van der Waals surface area contributed by atoms with Crippen molar-refractivity contribution >= 4 is 22.4 Å². The molecule has 9 nitrogen and oxygen atoms in total. The monoisotopic (exact) mass is 594 g/mol. The zero-order valence-electron chi connectivity index (χ0n) is 24.8. The van der Waals surface area contributed by atoms with Crippen molar-refractivity contribution in [2.24, 2.45) is 5.92 Å². The van der Waals surface area contributed by atoms with Crippen molar-refractivity contribution in [2.75, 3.05) is 50.6 Å². The molecule has 3 aliphatic rings. The van der Waals surface area contributed by atoms with Crippen molar-refractivity contribution in [3.8, 4) is 5.75 Å². The van der Waals surface area contributed by atoms with E-state index in [0.717, 1.165) is 56.0 Å². The molecule has 1 aromatic carbocycles. The molecule has 2 atom stereocenters. The van der Waals surface area contributed by atoms with Crippen molar-refractivity contribution < 1.29 is 18.3 Å². The number of nitrogens with one attached hydrogen (secondary N) is 2. The van der Waals surface area contributed by atoms with Crippen LogP contribution in [-0.2, 0) is 17.8 Å². The van der Waals surface area contributed by atoms with Crippen LogP contribution in [0.3, 0.4) is 0 Å². The summed E-state index contributed by atoms with van der Waals surface area (Å²) in [6.07, 6.45) is 12.4. The minimum Gasteiger partial charge on any atom is -0.486 e. The molecule has 0 bridgehead atoms. The largest absolute Gasteiger partial charge is 0.486 e. The number of hydrogen-bond acceptors (Lipinski definition) is 8. The van der Waals surface area contributed by atoms with Gasteiger partial charge in [-0.3, -0.25) is 9.69 Å². The van der Waals surface area contributed by atoms with Crippen LogP contribution in [0.4, 0.5) is 20.3 Å². The summed E-state index contributed by atoms with van der Waals surface area (Å²) in [6.45, 7) is 3.57. The first-order chi connectivity index (χ1) is 21.0. The predicted octanol–water partition coefficient (Wildman–Crippen LogP) is 4.46. The molecule has 0 amide bonds. The lowest BCUT2D eigenvalue weighted by atomic mass is 10.0. The molecule has 2 fully saturated rings. The van der Waals surface area contributed by atoms with E-state index in [1.165, 1.54) is 12.8 Å². The minimum atomic E-state index is -1.08. The Labute approximate surface area is 250 Å². The minimum absolute atomic E-state index is 0.0784. The Balaban J connectivity index is 1.29. The standard InChI is InChI=1S/C32H40F2N6O3/c1-35-11-3-6-28(42-2)40(19-22-18-39-13-14-43-32-29(34)26(33)15-25(30(32)39)31(22)41)24-5-4-12-38(20-24)23-9-10-27(37-17-23)36-16-21-7-8-21/h3,9-11,15,17-18,21,24,28,35H,4-8,12-14,16,19-20H2,1-2H3,(H,36,37)/b11-3-/t24-,28?/m0/s1. The van der Waals surface area contributed by atoms with Gasteiger partial charge in [-0.05, 0) is 56.0 Å². The maximum absolute atomic E-state index is 14.5. The van der Waals surface area contributed by atoms with Gasteiger partial charge in [0.15, 0.2) is 17.0 Å². The molecule has 0 spiro atoms. The first-order valence-corrected chi connectivity index (χ1v) is 15.2. The van der Waals surface area contributed by atoms with E-state index >= 15 is 0 Å². The van der Waals surface area contributed by atoms with E-state index in [1.54, 1.807) is 13.3 Å². The summed E-state index contributed by atoms with van der Waals surface area (Å²) in [6, 6.07) is 5.24. The summed E-state index contributed by atoms with van der Waals surface area (Å²) < 4.78 is 42.3. The number of methoxy groups -OCH3 is 1. The quantitative estimate of drug-likeness (QED) is 0.298. The number of ether oxygens (including phenoxy) is 2. The first kappa shape index (κ1) is 29.4. The molecule has 2 aliphatic heterocycles. The smallest absolute Gasteiger partial charge is 0.202 e. The van der Waals surface area contributed by atoms with E-state index in [9.17, 15) is 13.6 Å². The van der Waals surface area contributed by atoms with E-state index in [-0.39, 0.29) is 35.4 Å². The van der Waals surface area contributed by atoms with Crippen molar-refractivity contribution in [3.63, 3.8) is 0 Å². The highest BCUT2D eigenvalue weighted by Crippen LogP contribution is 2.33. The molecule has 0 radical (unpaired) electrons. The molecular weight excluding hydrogens is 554 g/mol. The average molecular weight is 595 g/mol. The molecule has 6 rings (SSSR count). The summed E-state index contributed by atoms with van der Waals surface area (Å²) in [7, 11) is 3.53. The molecular formula is C32H40F2N6O3. The van der Waals surface area contributed by atoms with Crippen LogP contribution < -0.4 is 25.7 Å². The van der Waals surface area contributed by atoms with Crippen molar-refractivity contribution in [2.45, 2.75) is 57.5 Å². The van der Waals surface area contributed by atoms with Crippen LogP contribution in [0.25, 0.3) is 10.9 Å². The molecule has 1 saturated carbocycles. The van der Waals surface area contributed by atoms with Gasteiger partial charge in [0.2, 0.25) is 5.82 Å². The third-order valence-corrected chi connectivity index (χ3v) is 8.73. The molecule has 3 aromatic rings. The second-order valence-corrected chi connectivity index (χ2v) is 11.7. The lowest BCUT2D eigenvalue weighted by Gasteiger charge is -2.43. The van der Waals surface area contributed by atoms with Gasteiger partial charge in [-0.15, -0.1) is 0 Å². The van der Waals surface area contributed by atoms with Gasteiger partial charge >= 0.3 is 0 Å². The van der Waals surface area contributed by atoms with Gasteiger partial charge in [0.1, 0.15) is 18.7 Å². The van der Waals surface area contributed by atoms with Gasteiger partial charge < -0.3 is 29.6 Å². The van der Waals surface area contributed by atoms with Crippen LogP contribution in [0.15, 0.2) is 47.7 Å². The van der Waals surface area contributed by atoms with Gasteiger partial charge in [0.05, 0.1) is 29.3 Å². The Kier molecular flexibility index (Phi) is 8.80. The Morgan fingerprint density at radius 2 is 2.12 bits per heavy atom. The Morgan fingerprint density at radius 3 is 2.86 bits per heavy atom. The summed E-state index contributed by atoms with van der Waals surface area (Å²) in [5, 5.41) is 6.58. The molecule has 2 N–H and O–H groups in total. The molecule has 43 heavy (non-hydrogen) atoms. The van der Waals surface area contributed by atoms with Crippen molar-refractivity contribution in [1.82, 2.24) is 19.8 Å². The maximum atomic E-state index is 14.5. The Bertz CT molecular complexity index is 1520. The van der Waals surface area contributed by atoms with Gasteiger partial charge in [0, 0.05) is 64.6 Å². The van der Waals surface area contributed by atoms with E-state index in [0.29, 0.717) is 30.6 Å². The predicted molar refractivity (Wildman–Crippen MR) is 163 cm³/mol. The molecule has 230 valence electrons. The Morgan fingerprint density at radius 1 is 1.26 bits per heavy atom. The second-order valence-electron chi connectivity index (χ2n) is 11.7. The zero-order valence-corrected chi connectivity index (χ0v) is 24.8. The fraction of sp³-hybridized carbons (Fsp3) is 0.500. The van der Waals surface area contributed by atoms with Crippen molar-refractivity contribution in [3.05, 3.63) is 70.3 Å². The average Bonchev–Trinajstić information content (AvgIpc) is 3.87. The number of halogens is 2. The maximum Gasteiger partial charge on any atom is 0.202 e.